The Hall–Kier alpha value is -1.56. The monoisotopic (exact) mass is 324 g/mol. The third-order valence-electron chi connectivity index (χ3n) is 2.91. The van der Waals surface area contributed by atoms with E-state index < -0.39 is 0 Å². The summed E-state index contributed by atoms with van der Waals surface area (Å²) in [6.07, 6.45) is 0. The van der Waals surface area contributed by atoms with Crippen molar-refractivity contribution in [2.45, 2.75) is 6.54 Å². The Kier molecular flexibility index (Phi) is 6.04. The van der Waals surface area contributed by atoms with E-state index >= 15 is 0 Å². The number of para-hydroxylation sites is 1. The summed E-state index contributed by atoms with van der Waals surface area (Å²) in [6, 6.07) is 13.3. The molecule has 1 aromatic heterocycles. The van der Waals surface area contributed by atoms with Gasteiger partial charge >= 0.3 is 0 Å². The van der Waals surface area contributed by atoms with Crippen molar-refractivity contribution in [1.82, 2.24) is 5.32 Å². The van der Waals surface area contributed by atoms with Crippen molar-refractivity contribution in [3.8, 4) is 0 Å². The number of hydrogen-bond acceptors (Lipinski definition) is 4. The van der Waals surface area contributed by atoms with Crippen LogP contribution in [0, 0.1) is 0 Å². The Balaban J connectivity index is 1.89. The number of benzene rings is 1. The normalized spacial score (nSPS) is 10.4. The molecule has 0 aliphatic heterocycles. The minimum atomic E-state index is -0.0863. The molecule has 2 N–H and O–H groups in total. The van der Waals surface area contributed by atoms with Crippen LogP contribution in [0.25, 0.3) is 0 Å². The molecule has 6 heteroatoms. The highest BCUT2D eigenvalue weighted by Crippen LogP contribution is 2.21. The van der Waals surface area contributed by atoms with Gasteiger partial charge in [0.1, 0.15) is 0 Å². The number of anilines is 1. The molecule has 2 aromatic rings. The zero-order chi connectivity index (χ0) is 15.1. The van der Waals surface area contributed by atoms with Gasteiger partial charge < -0.3 is 15.3 Å². The number of rotatable bonds is 7. The van der Waals surface area contributed by atoms with Gasteiger partial charge in [-0.05, 0) is 24.3 Å². The lowest BCUT2D eigenvalue weighted by molar-refractivity contribution is -0.119. The lowest BCUT2D eigenvalue weighted by Crippen LogP contribution is -2.38. The number of aliphatic hydroxyl groups excluding tert-OH is 1. The van der Waals surface area contributed by atoms with Gasteiger partial charge in [-0.1, -0.05) is 29.8 Å². The number of carbonyl (C=O) groups excluding carboxylic acids is 1. The second kappa shape index (κ2) is 8.02. The average Bonchev–Trinajstić information content (AvgIpc) is 2.91. The molecule has 1 heterocycles. The molecule has 4 nitrogen and oxygen atoms in total. The van der Waals surface area contributed by atoms with E-state index in [4.69, 9.17) is 16.7 Å². The van der Waals surface area contributed by atoms with Gasteiger partial charge in [-0.25, -0.2) is 0 Å². The second-order valence-electron chi connectivity index (χ2n) is 4.46. The Morgan fingerprint density at radius 3 is 2.62 bits per heavy atom. The van der Waals surface area contributed by atoms with E-state index in [0.29, 0.717) is 17.4 Å². The van der Waals surface area contributed by atoms with Gasteiger partial charge in [0.25, 0.3) is 0 Å². The van der Waals surface area contributed by atoms with E-state index in [1.54, 1.807) is 0 Å². The van der Waals surface area contributed by atoms with Crippen LogP contribution >= 0.6 is 22.9 Å². The number of nitrogens with zero attached hydrogens (tertiary/aromatic N) is 1. The summed E-state index contributed by atoms with van der Waals surface area (Å²) in [4.78, 5) is 14.9. The standard InChI is InChI=1S/C15H17ClN2O2S/c16-14-7-6-13(21-14)10-17-15(20)11-18(8-9-19)12-4-2-1-3-5-12/h1-7,19H,8-11H2,(H,17,20). The molecule has 0 aliphatic carbocycles. The number of amides is 1. The fourth-order valence-corrected chi connectivity index (χ4v) is 2.95. The van der Waals surface area contributed by atoms with Crippen LogP contribution in [0.5, 0.6) is 0 Å². The van der Waals surface area contributed by atoms with E-state index in [2.05, 4.69) is 5.32 Å². The molecule has 21 heavy (non-hydrogen) atoms. The summed E-state index contributed by atoms with van der Waals surface area (Å²) in [5.74, 6) is -0.0863. The zero-order valence-corrected chi connectivity index (χ0v) is 13.0. The van der Waals surface area contributed by atoms with E-state index in [-0.39, 0.29) is 19.1 Å². The average molecular weight is 325 g/mol. The molecule has 0 spiro atoms. The van der Waals surface area contributed by atoms with Crippen molar-refractivity contribution in [2.75, 3.05) is 24.6 Å². The molecular formula is C15H17ClN2O2S. The summed E-state index contributed by atoms with van der Waals surface area (Å²) in [7, 11) is 0. The lowest BCUT2D eigenvalue weighted by Gasteiger charge is -2.23. The lowest BCUT2D eigenvalue weighted by atomic mass is 10.3. The number of hydrogen-bond donors (Lipinski definition) is 2. The van der Waals surface area contributed by atoms with E-state index in [1.165, 1.54) is 11.3 Å². The van der Waals surface area contributed by atoms with Crippen LogP contribution in [0.1, 0.15) is 4.88 Å². The fourth-order valence-electron chi connectivity index (χ4n) is 1.92. The molecule has 0 saturated carbocycles. The molecule has 0 unspecified atom stereocenters. The molecule has 0 bridgehead atoms. The third-order valence-corrected chi connectivity index (χ3v) is 4.15. The maximum atomic E-state index is 12.0. The quantitative estimate of drug-likeness (QED) is 0.823. The maximum Gasteiger partial charge on any atom is 0.239 e. The molecule has 0 radical (unpaired) electrons. The van der Waals surface area contributed by atoms with Crippen molar-refractivity contribution in [2.24, 2.45) is 0 Å². The molecular weight excluding hydrogens is 308 g/mol. The van der Waals surface area contributed by atoms with Crippen molar-refractivity contribution >= 4 is 34.5 Å². The highest BCUT2D eigenvalue weighted by molar-refractivity contribution is 7.16. The molecule has 0 atom stereocenters. The van der Waals surface area contributed by atoms with Gasteiger partial charge in [-0.3, -0.25) is 4.79 Å². The molecule has 2 rings (SSSR count). The summed E-state index contributed by atoms with van der Waals surface area (Å²) in [5, 5.41) is 12.0. The topological polar surface area (TPSA) is 52.6 Å². The van der Waals surface area contributed by atoms with Gasteiger partial charge in [-0.2, -0.15) is 0 Å². The molecule has 0 fully saturated rings. The number of halogens is 1. The largest absolute Gasteiger partial charge is 0.395 e. The molecule has 0 saturated heterocycles. The first kappa shape index (κ1) is 15.8. The Morgan fingerprint density at radius 1 is 1.24 bits per heavy atom. The van der Waals surface area contributed by atoms with Gasteiger partial charge in [-0.15, -0.1) is 11.3 Å². The van der Waals surface area contributed by atoms with Gasteiger partial charge in [0.2, 0.25) is 5.91 Å². The minimum absolute atomic E-state index is 0.00269. The summed E-state index contributed by atoms with van der Waals surface area (Å²) in [5.41, 5.74) is 0.917. The fraction of sp³-hybridized carbons (Fsp3) is 0.267. The Morgan fingerprint density at radius 2 is 2.00 bits per heavy atom. The van der Waals surface area contributed by atoms with Crippen LogP contribution in [-0.4, -0.2) is 30.7 Å². The summed E-state index contributed by atoms with van der Waals surface area (Å²) < 4.78 is 0.713. The second-order valence-corrected chi connectivity index (χ2v) is 6.26. The van der Waals surface area contributed by atoms with Crippen molar-refractivity contribution in [3.63, 3.8) is 0 Å². The minimum Gasteiger partial charge on any atom is -0.395 e. The molecule has 1 amide bonds. The highest BCUT2D eigenvalue weighted by Gasteiger charge is 2.11. The van der Waals surface area contributed by atoms with Crippen molar-refractivity contribution < 1.29 is 9.90 Å². The van der Waals surface area contributed by atoms with Gasteiger partial charge in [0.15, 0.2) is 0 Å². The predicted octanol–water partition coefficient (Wildman–Crippen LogP) is 2.52. The first-order chi connectivity index (χ1) is 10.2. The first-order valence-corrected chi connectivity index (χ1v) is 7.80. The molecule has 1 aromatic carbocycles. The maximum absolute atomic E-state index is 12.0. The van der Waals surface area contributed by atoms with Gasteiger partial charge in [0, 0.05) is 17.1 Å². The number of thiophene rings is 1. The number of nitrogens with one attached hydrogen (secondary N) is 1. The molecule has 0 aliphatic rings. The van der Waals surface area contributed by atoms with Crippen LogP contribution in [0.15, 0.2) is 42.5 Å². The molecule has 112 valence electrons. The van der Waals surface area contributed by atoms with Crippen LogP contribution < -0.4 is 10.2 Å². The Labute approximate surface area is 133 Å². The van der Waals surface area contributed by atoms with E-state index in [1.807, 2.05) is 47.4 Å². The van der Waals surface area contributed by atoms with E-state index in [0.717, 1.165) is 10.6 Å². The zero-order valence-electron chi connectivity index (χ0n) is 11.5. The predicted molar refractivity (Wildman–Crippen MR) is 86.9 cm³/mol. The SMILES string of the molecule is O=C(CN(CCO)c1ccccc1)NCc1ccc(Cl)s1. The third kappa shape index (κ3) is 5.04. The van der Waals surface area contributed by atoms with Crippen molar-refractivity contribution in [3.05, 3.63) is 51.7 Å². The smallest absolute Gasteiger partial charge is 0.239 e. The number of aliphatic hydroxyl groups is 1. The van der Waals surface area contributed by atoms with Crippen LogP contribution in [0.2, 0.25) is 4.34 Å². The van der Waals surface area contributed by atoms with Gasteiger partial charge in [0.05, 0.1) is 24.0 Å². The Bertz CT molecular complexity index is 574. The number of carbonyl (C=O) groups is 1. The highest BCUT2D eigenvalue weighted by atomic mass is 35.5. The van der Waals surface area contributed by atoms with Crippen LogP contribution in [-0.2, 0) is 11.3 Å². The summed E-state index contributed by atoms with van der Waals surface area (Å²) in [6.45, 7) is 1.10. The summed E-state index contributed by atoms with van der Waals surface area (Å²) >= 11 is 7.30. The first-order valence-electron chi connectivity index (χ1n) is 6.61. The van der Waals surface area contributed by atoms with E-state index in [9.17, 15) is 4.79 Å². The van der Waals surface area contributed by atoms with Crippen LogP contribution in [0.3, 0.4) is 0 Å². The van der Waals surface area contributed by atoms with Crippen LogP contribution in [0.4, 0.5) is 5.69 Å². The van der Waals surface area contributed by atoms with Crippen molar-refractivity contribution in [1.29, 1.82) is 0 Å².